The van der Waals surface area contributed by atoms with Crippen LogP contribution in [0.15, 0.2) is 0 Å². The minimum Gasteiger partial charge on any atom is -0.462 e. The maximum Gasteiger partial charge on any atom is 0.469 e. The molecule has 0 aliphatic rings. The largest absolute Gasteiger partial charge is 0.469 e. The van der Waals surface area contributed by atoms with E-state index < -0.39 is 32.5 Å². The Bertz CT molecular complexity index is 622. The van der Waals surface area contributed by atoms with Crippen molar-refractivity contribution in [2.24, 2.45) is 0 Å². The first-order valence-corrected chi connectivity index (χ1v) is 17.4. The van der Waals surface area contributed by atoms with Gasteiger partial charge in [0, 0.05) is 12.8 Å². The van der Waals surface area contributed by atoms with Gasteiger partial charge in [-0.2, -0.15) is 0 Å². The van der Waals surface area contributed by atoms with Crippen molar-refractivity contribution in [3.05, 3.63) is 0 Å². The molecule has 0 rings (SSSR count). The topological polar surface area (TPSA) is 119 Å². The third-order valence-electron chi connectivity index (χ3n) is 6.88. The maximum atomic E-state index is 12.2. The molecule has 0 spiro atoms. The lowest BCUT2D eigenvalue weighted by atomic mass is 10.0. The SMILES string of the molecule is CCCCCCCCCCCCCCCCCC(=O)O[C@H](COC(=O)CCCCCCCC)COP(=O)(O)O. The quantitative estimate of drug-likeness (QED) is 0.0514. The Morgan fingerprint density at radius 1 is 0.564 bits per heavy atom. The van der Waals surface area contributed by atoms with Crippen LogP contribution in [0.3, 0.4) is 0 Å². The molecule has 0 amide bonds. The summed E-state index contributed by atoms with van der Waals surface area (Å²) in [6, 6.07) is 0. The van der Waals surface area contributed by atoms with Crippen LogP contribution in [0.25, 0.3) is 0 Å². The second-order valence-electron chi connectivity index (χ2n) is 10.8. The van der Waals surface area contributed by atoms with E-state index in [1.807, 2.05) is 0 Å². The van der Waals surface area contributed by atoms with Gasteiger partial charge in [0.05, 0.1) is 6.61 Å². The molecule has 0 aromatic rings. The van der Waals surface area contributed by atoms with Crippen LogP contribution in [-0.4, -0.2) is 41.0 Å². The lowest BCUT2D eigenvalue weighted by molar-refractivity contribution is -0.161. The highest BCUT2D eigenvalue weighted by Crippen LogP contribution is 2.35. The summed E-state index contributed by atoms with van der Waals surface area (Å²) < 4.78 is 26.0. The first-order chi connectivity index (χ1) is 18.8. The molecule has 0 aromatic heterocycles. The summed E-state index contributed by atoms with van der Waals surface area (Å²) in [6.07, 6.45) is 24.3. The van der Waals surface area contributed by atoms with Crippen LogP contribution >= 0.6 is 7.82 Å². The van der Waals surface area contributed by atoms with Crippen LogP contribution in [-0.2, 0) is 28.2 Å². The fourth-order valence-electron chi connectivity index (χ4n) is 4.49. The van der Waals surface area contributed by atoms with Gasteiger partial charge in [0.25, 0.3) is 0 Å². The summed E-state index contributed by atoms with van der Waals surface area (Å²) in [5.41, 5.74) is 0. The normalized spacial score (nSPS) is 12.4. The zero-order chi connectivity index (χ0) is 29.0. The van der Waals surface area contributed by atoms with Crippen molar-refractivity contribution >= 4 is 19.8 Å². The lowest BCUT2D eigenvalue weighted by Gasteiger charge is -2.18. The smallest absolute Gasteiger partial charge is 0.462 e. The van der Waals surface area contributed by atoms with Gasteiger partial charge in [-0.1, -0.05) is 136 Å². The van der Waals surface area contributed by atoms with E-state index in [1.54, 1.807) is 0 Å². The molecule has 1 atom stereocenters. The van der Waals surface area contributed by atoms with E-state index >= 15 is 0 Å². The molecule has 0 aliphatic heterocycles. The Balaban J connectivity index is 3.93. The third kappa shape index (κ3) is 29.8. The molecular formula is C30H59O8P. The van der Waals surface area contributed by atoms with Crippen LogP contribution in [0.1, 0.15) is 162 Å². The predicted molar refractivity (Wildman–Crippen MR) is 156 cm³/mol. The van der Waals surface area contributed by atoms with Crippen molar-refractivity contribution in [1.82, 2.24) is 0 Å². The lowest BCUT2D eigenvalue weighted by Crippen LogP contribution is -2.29. The van der Waals surface area contributed by atoms with Gasteiger partial charge in [0.2, 0.25) is 0 Å². The number of esters is 2. The average molecular weight is 579 g/mol. The summed E-state index contributed by atoms with van der Waals surface area (Å²) in [6.45, 7) is 3.59. The van der Waals surface area contributed by atoms with Gasteiger partial charge < -0.3 is 19.3 Å². The van der Waals surface area contributed by atoms with E-state index in [1.165, 1.54) is 83.5 Å². The second kappa shape index (κ2) is 27.2. The number of rotatable bonds is 29. The molecule has 0 unspecified atom stereocenters. The Hall–Kier alpha value is -0.950. The van der Waals surface area contributed by atoms with Crippen molar-refractivity contribution in [3.8, 4) is 0 Å². The van der Waals surface area contributed by atoms with Crippen LogP contribution in [0.2, 0.25) is 0 Å². The molecule has 232 valence electrons. The number of unbranched alkanes of at least 4 members (excludes halogenated alkanes) is 19. The minimum atomic E-state index is -4.73. The van der Waals surface area contributed by atoms with E-state index in [9.17, 15) is 14.2 Å². The molecule has 9 heteroatoms. The van der Waals surface area contributed by atoms with Gasteiger partial charge in [0.1, 0.15) is 6.61 Å². The van der Waals surface area contributed by atoms with E-state index in [0.717, 1.165) is 44.9 Å². The monoisotopic (exact) mass is 578 g/mol. The molecule has 8 nitrogen and oxygen atoms in total. The zero-order valence-electron chi connectivity index (χ0n) is 25.0. The molecule has 0 heterocycles. The molecule has 0 radical (unpaired) electrons. The molecule has 0 bridgehead atoms. The fraction of sp³-hybridized carbons (Fsp3) is 0.933. The van der Waals surface area contributed by atoms with E-state index in [-0.39, 0.29) is 19.4 Å². The van der Waals surface area contributed by atoms with Crippen molar-refractivity contribution in [2.75, 3.05) is 13.2 Å². The van der Waals surface area contributed by atoms with Gasteiger partial charge in [0.15, 0.2) is 6.10 Å². The highest BCUT2D eigenvalue weighted by Gasteiger charge is 2.22. The minimum absolute atomic E-state index is 0.219. The van der Waals surface area contributed by atoms with Crippen LogP contribution in [0.4, 0.5) is 0 Å². The summed E-state index contributed by atoms with van der Waals surface area (Å²) in [7, 11) is -4.73. The average Bonchev–Trinajstić information content (AvgIpc) is 2.89. The Labute approximate surface area is 238 Å². The van der Waals surface area contributed by atoms with Crippen molar-refractivity contribution < 1.29 is 37.9 Å². The molecule has 0 fully saturated rings. The van der Waals surface area contributed by atoms with E-state index in [2.05, 4.69) is 18.4 Å². The van der Waals surface area contributed by atoms with Gasteiger partial charge >= 0.3 is 19.8 Å². The highest BCUT2D eigenvalue weighted by atomic mass is 31.2. The van der Waals surface area contributed by atoms with Crippen LogP contribution in [0.5, 0.6) is 0 Å². The summed E-state index contributed by atoms with van der Waals surface area (Å²) in [5, 5.41) is 0. The Kier molecular flexibility index (Phi) is 26.6. The second-order valence-corrected chi connectivity index (χ2v) is 12.0. The zero-order valence-corrected chi connectivity index (χ0v) is 25.9. The molecule has 0 saturated carbocycles. The molecular weight excluding hydrogens is 519 g/mol. The molecule has 39 heavy (non-hydrogen) atoms. The van der Waals surface area contributed by atoms with Crippen LogP contribution < -0.4 is 0 Å². The van der Waals surface area contributed by atoms with Gasteiger partial charge in [-0.15, -0.1) is 0 Å². The van der Waals surface area contributed by atoms with Gasteiger partial charge in [-0.25, -0.2) is 4.57 Å². The first kappa shape index (κ1) is 38.0. The number of carbonyl (C=O) groups excluding carboxylic acids is 2. The van der Waals surface area contributed by atoms with E-state index in [0.29, 0.717) is 6.42 Å². The molecule has 0 saturated heterocycles. The number of hydrogen-bond donors (Lipinski definition) is 2. The number of carbonyl (C=O) groups is 2. The predicted octanol–water partition coefficient (Wildman–Crippen LogP) is 8.56. The summed E-state index contributed by atoms with van der Waals surface area (Å²) in [4.78, 5) is 42.2. The Morgan fingerprint density at radius 3 is 1.31 bits per heavy atom. The number of phosphoric ester groups is 1. The Morgan fingerprint density at radius 2 is 0.923 bits per heavy atom. The summed E-state index contributed by atoms with van der Waals surface area (Å²) >= 11 is 0. The van der Waals surface area contributed by atoms with Crippen molar-refractivity contribution in [2.45, 2.75) is 168 Å². The number of phosphoric acid groups is 1. The van der Waals surface area contributed by atoms with Crippen molar-refractivity contribution in [3.63, 3.8) is 0 Å². The summed E-state index contributed by atoms with van der Waals surface area (Å²) in [5.74, 6) is -0.888. The fourth-order valence-corrected chi connectivity index (χ4v) is 4.85. The van der Waals surface area contributed by atoms with Crippen LogP contribution in [0, 0.1) is 0 Å². The standard InChI is InChI=1S/C30H59O8P/c1-3-5-7-9-11-12-13-14-15-16-17-18-19-21-23-25-30(32)38-28(27-37-39(33,34)35)26-36-29(31)24-22-20-10-8-6-4-2/h28H,3-27H2,1-2H3,(H2,33,34,35)/t28-/m1/s1. The van der Waals surface area contributed by atoms with E-state index in [4.69, 9.17) is 19.3 Å². The molecule has 0 aliphatic carbocycles. The number of ether oxygens (including phenoxy) is 2. The number of hydrogen-bond acceptors (Lipinski definition) is 6. The maximum absolute atomic E-state index is 12.2. The highest BCUT2D eigenvalue weighted by molar-refractivity contribution is 7.46. The third-order valence-corrected chi connectivity index (χ3v) is 7.36. The van der Waals surface area contributed by atoms with Crippen molar-refractivity contribution in [1.29, 1.82) is 0 Å². The first-order valence-electron chi connectivity index (χ1n) is 15.8. The molecule has 0 aromatic carbocycles. The molecule has 2 N–H and O–H groups in total. The van der Waals surface area contributed by atoms with Gasteiger partial charge in [-0.3, -0.25) is 14.1 Å². The van der Waals surface area contributed by atoms with Gasteiger partial charge in [-0.05, 0) is 12.8 Å².